The smallest absolute Gasteiger partial charge is 0.236 e. The molecule has 1 aromatic rings. The fraction of sp³-hybridized carbons (Fsp3) is 0.667. The van der Waals surface area contributed by atoms with Gasteiger partial charge in [0.1, 0.15) is 0 Å². The lowest BCUT2D eigenvalue weighted by Gasteiger charge is -2.36. The summed E-state index contributed by atoms with van der Waals surface area (Å²) < 4.78 is 0. The number of hydrogen-bond acceptors (Lipinski definition) is 4. The summed E-state index contributed by atoms with van der Waals surface area (Å²) in [6.07, 6.45) is 2.09. The van der Waals surface area contributed by atoms with E-state index in [0.29, 0.717) is 12.5 Å². The molecule has 0 radical (unpaired) electrons. The molecule has 1 amide bonds. The Bertz CT molecular complexity index is 579. The number of aliphatic hydroxyl groups is 1. The van der Waals surface area contributed by atoms with Crippen LogP contribution in [0.25, 0.3) is 0 Å². The second-order valence-corrected chi connectivity index (χ2v) is 8.00. The van der Waals surface area contributed by atoms with Crippen LogP contribution in [0.4, 0.5) is 0 Å². The van der Waals surface area contributed by atoms with Crippen LogP contribution in [0, 0.1) is 0 Å². The van der Waals surface area contributed by atoms with Gasteiger partial charge in [0.15, 0.2) is 0 Å². The summed E-state index contributed by atoms with van der Waals surface area (Å²) in [5.74, 6) is 0.783. The van der Waals surface area contributed by atoms with Gasteiger partial charge in [-0.15, -0.1) is 0 Å². The molecule has 0 aromatic heterocycles. The number of amides is 1. The molecule has 1 N–H and O–H groups in total. The normalized spacial score (nSPS) is 22.3. The lowest BCUT2D eigenvalue weighted by Crippen LogP contribution is -2.51. The highest BCUT2D eigenvalue weighted by atomic mass is 16.3. The minimum absolute atomic E-state index is 0.163. The first-order valence-corrected chi connectivity index (χ1v) is 10.0. The third-order valence-electron chi connectivity index (χ3n) is 5.83. The molecule has 5 heteroatoms. The number of carbonyl (C=O) groups excluding carboxylic acids is 1. The average molecular weight is 360 g/mol. The van der Waals surface area contributed by atoms with Crippen molar-refractivity contribution in [1.29, 1.82) is 0 Å². The highest BCUT2D eigenvalue weighted by Crippen LogP contribution is 2.18. The Balaban J connectivity index is 1.44. The van der Waals surface area contributed by atoms with Crippen LogP contribution in [0.5, 0.6) is 0 Å². The average Bonchev–Trinajstić information content (AvgIpc) is 3.10. The molecule has 0 bridgehead atoms. The van der Waals surface area contributed by atoms with Crippen LogP contribution in [0.2, 0.25) is 0 Å². The van der Waals surface area contributed by atoms with Crippen molar-refractivity contribution in [3.05, 3.63) is 35.4 Å². The van der Waals surface area contributed by atoms with Gasteiger partial charge in [-0.1, -0.05) is 38.1 Å². The van der Waals surface area contributed by atoms with Crippen molar-refractivity contribution in [3.63, 3.8) is 0 Å². The molecule has 2 aliphatic heterocycles. The number of aliphatic hydroxyl groups excluding tert-OH is 1. The molecule has 3 rings (SSSR count). The van der Waals surface area contributed by atoms with Gasteiger partial charge in [0.2, 0.25) is 5.91 Å². The Hall–Kier alpha value is -1.43. The van der Waals surface area contributed by atoms with E-state index in [0.717, 1.165) is 52.1 Å². The van der Waals surface area contributed by atoms with Crippen LogP contribution in [-0.2, 0) is 11.3 Å². The molecule has 1 aromatic carbocycles. The zero-order chi connectivity index (χ0) is 18.5. The Kier molecular flexibility index (Phi) is 6.68. The number of rotatable bonds is 6. The van der Waals surface area contributed by atoms with Gasteiger partial charge >= 0.3 is 0 Å². The number of nitrogens with zero attached hydrogens (tertiary/aromatic N) is 3. The molecule has 0 saturated carbocycles. The third-order valence-corrected chi connectivity index (χ3v) is 5.83. The van der Waals surface area contributed by atoms with E-state index in [1.165, 1.54) is 11.1 Å². The zero-order valence-electron chi connectivity index (χ0n) is 16.2. The Morgan fingerprint density at radius 1 is 1.12 bits per heavy atom. The number of likely N-dealkylation sites (tertiary alicyclic amines) is 1. The zero-order valence-corrected chi connectivity index (χ0v) is 16.2. The van der Waals surface area contributed by atoms with E-state index < -0.39 is 0 Å². The minimum atomic E-state index is 0.163. The van der Waals surface area contributed by atoms with Crippen molar-refractivity contribution in [2.24, 2.45) is 0 Å². The number of carbonyl (C=O) groups is 1. The van der Waals surface area contributed by atoms with Crippen LogP contribution in [-0.4, -0.2) is 77.6 Å². The predicted molar refractivity (Wildman–Crippen MR) is 104 cm³/mol. The van der Waals surface area contributed by atoms with Gasteiger partial charge in [-0.05, 0) is 36.4 Å². The van der Waals surface area contributed by atoms with Gasteiger partial charge in [0.25, 0.3) is 0 Å². The van der Waals surface area contributed by atoms with Crippen molar-refractivity contribution in [2.45, 2.75) is 45.2 Å². The minimum Gasteiger partial charge on any atom is -0.395 e. The van der Waals surface area contributed by atoms with Crippen molar-refractivity contribution < 1.29 is 9.90 Å². The third kappa shape index (κ3) is 4.84. The van der Waals surface area contributed by atoms with E-state index >= 15 is 0 Å². The molecule has 0 aliphatic carbocycles. The quantitative estimate of drug-likeness (QED) is 0.843. The van der Waals surface area contributed by atoms with E-state index in [2.05, 4.69) is 47.9 Å². The van der Waals surface area contributed by atoms with Gasteiger partial charge in [-0.3, -0.25) is 14.6 Å². The Morgan fingerprint density at radius 3 is 2.42 bits per heavy atom. The van der Waals surface area contributed by atoms with Crippen LogP contribution >= 0.6 is 0 Å². The molecule has 2 aliphatic rings. The fourth-order valence-corrected chi connectivity index (χ4v) is 4.01. The maximum atomic E-state index is 12.6. The predicted octanol–water partition coefficient (Wildman–Crippen LogP) is 1.91. The highest BCUT2D eigenvalue weighted by molar-refractivity contribution is 5.78. The Morgan fingerprint density at radius 2 is 1.81 bits per heavy atom. The highest BCUT2D eigenvalue weighted by Gasteiger charge is 2.28. The molecule has 0 spiro atoms. The fourth-order valence-electron chi connectivity index (χ4n) is 4.01. The second kappa shape index (κ2) is 8.98. The van der Waals surface area contributed by atoms with Gasteiger partial charge in [-0.2, -0.15) is 0 Å². The molecular weight excluding hydrogens is 326 g/mol. The summed E-state index contributed by atoms with van der Waals surface area (Å²) in [5, 5.41) is 9.41. The van der Waals surface area contributed by atoms with E-state index in [9.17, 15) is 9.90 Å². The lowest BCUT2D eigenvalue weighted by atomic mass is 10.0. The summed E-state index contributed by atoms with van der Waals surface area (Å²) in [5.41, 5.74) is 2.73. The van der Waals surface area contributed by atoms with E-state index in [1.54, 1.807) is 0 Å². The van der Waals surface area contributed by atoms with Crippen LogP contribution < -0.4 is 0 Å². The maximum absolute atomic E-state index is 12.6. The van der Waals surface area contributed by atoms with E-state index in [4.69, 9.17) is 0 Å². The molecule has 26 heavy (non-hydrogen) atoms. The first kappa shape index (κ1) is 19.3. The van der Waals surface area contributed by atoms with Gasteiger partial charge in [0, 0.05) is 38.8 Å². The standard InChI is InChI=1S/C21H33N3O2/c1-17(2)19-7-5-18(6-8-19)14-22-10-12-23(13-11-22)21(26)15-24-9-3-4-20(24)16-25/h5-8,17,20,25H,3-4,9-16H2,1-2H3. The molecule has 1 unspecified atom stereocenters. The first-order valence-electron chi connectivity index (χ1n) is 10.0. The van der Waals surface area contributed by atoms with Crippen LogP contribution in [0.15, 0.2) is 24.3 Å². The lowest BCUT2D eigenvalue weighted by molar-refractivity contribution is -0.134. The monoisotopic (exact) mass is 359 g/mol. The molecule has 1 atom stereocenters. The molecule has 2 heterocycles. The maximum Gasteiger partial charge on any atom is 0.236 e. The Labute approximate surface area is 157 Å². The SMILES string of the molecule is CC(C)c1ccc(CN2CCN(C(=O)CN3CCCC3CO)CC2)cc1. The molecule has 5 nitrogen and oxygen atoms in total. The summed E-state index contributed by atoms with van der Waals surface area (Å²) in [4.78, 5) is 19.1. The van der Waals surface area contributed by atoms with E-state index in [-0.39, 0.29) is 18.6 Å². The largest absolute Gasteiger partial charge is 0.395 e. The molecule has 2 saturated heterocycles. The van der Waals surface area contributed by atoms with Crippen LogP contribution in [0.1, 0.15) is 43.7 Å². The molecule has 144 valence electrons. The van der Waals surface area contributed by atoms with Crippen molar-refractivity contribution in [1.82, 2.24) is 14.7 Å². The topological polar surface area (TPSA) is 47.0 Å². The summed E-state index contributed by atoms with van der Waals surface area (Å²) in [7, 11) is 0. The van der Waals surface area contributed by atoms with Crippen molar-refractivity contribution in [2.75, 3.05) is 45.9 Å². The summed E-state index contributed by atoms with van der Waals surface area (Å²) >= 11 is 0. The van der Waals surface area contributed by atoms with E-state index in [1.807, 2.05) is 4.90 Å². The number of piperazine rings is 1. The second-order valence-electron chi connectivity index (χ2n) is 8.00. The van der Waals surface area contributed by atoms with Gasteiger partial charge in [-0.25, -0.2) is 0 Å². The molecule has 2 fully saturated rings. The van der Waals surface area contributed by atoms with Crippen molar-refractivity contribution >= 4 is 5.91 Å². The summed E-state index contributed by atoms with van der Waals surface area (Å²) in [6, 6.07) is 9.10. The molecular formula is C21H33N3O2. The van der Waals surface area contributed by atoms with Crippen LogP contribution in [0.3, 0.4) is 0 Å². The first-order chi connectivity index (χ1) is 12.6. The van der Waals surface area contributed by atoms with Gasteiger partial charge in [0.05, 0.1) is 13.2 Å². The van der Waals surface area contributed by atoms with Gasteiger partial charge < -0.3 is 10.0 Å². The number of hydrogen-bond donors (Lipinski definition) is 1. The number of benzene rings is 1. The van der Waals surface area contributed by atoms with Crippen molar-refractivity contribution in [3.8, 4) is 0 Å². The summed E-state index contributed by atoms with van der Waals surface area (Å²) in [6.45, 7) is 10.4.